The van der Waals surface area contributed by atoms with Gasteiger partial charge in [0.05, 0.1) is 5.69 Å². The number of aromatic nitrogens is 2. The fourth-order valence-corrected chi connectivity index (χ4v) is 2.56. The van der Waals surface area contributed by atoms with Crippen molar-refractivity contribution in [1.82, 2.24) is 14.9 Å². The van der Waals surface area contributed by atoms with Gasteiger partial charge in [-0.1, -0.05) is 20.8 Å². The molecule has 1 aliphatic rings. The average Bonchev–Trinajstić information content (AvgIpc) is 2.45. The Morgan fingerprint density at radius 3 is 2.68 bits per heavy atom. The quantitative estimate of drug-likeness (QED) is 0.857. The van der Waals surface area contributed by atoms with Crippen molar-refractivity contribution in [2.75, 3.05) is 6.54 Å². The standard InChI is InChI=1S/C17H25N3O2/c1-12-18-10-13-11-20(9-8-14(13)19-12)16(22)7-5-6-15(21)17(2,3)4/h10H,5-9,11H2,1-4H3. The number of amides is 1. The van der Waals surface area contributed by atoms with Crippen molar-refractivity contribution in [2.24, 2.45) is 5.41 Å². The van der Waals surface area contributed by atoms with Gasteiger partial charge in [-0.3, -0.25) is 9.59 Å². The summed E-state index contributed by atoms with van der Waals surface area (Å²) in [4.78, 5) is 34.6. The van der Waals surface area contributed by atoms with Crippen LogP contribution in [0.2, 0.25) is 0 Å². The van der Waals surface area contributed by atoms with Gasteiger partial charge in [0, 0.05) is 49.5 Å². The van der Waals surface area contributed by atoms with Crippen LogP contribution < -0.4 is 0 Å². The van der Waals surface area contributed by atoms with E-state index in [4.69, 9.17) is 0 Å². The van der Waals surface area contributed by atoms with Crippen molar-refractivity contribution in [2.45, 2.75) is 59.9 Å². The third-order valence-electron chi connectivity index (χ3n) is 4.04. The van der Waals surface area contributed by atoms with E-state index in [2.05, 4.69) is 9.97 Å². The molecule has 120 valence electrons. The number of hydrogen-bond acceptors (Lipinski definition) is 4. The van der Waals surface area contributed by atoms with Crippen molar-refractivity contribution < 1.29 is 9.59 Å². The number of fused-ring (bicyclic) bond motifs is 1. The highest BCUT2D eigenvalue weighted by atomic mass is 16.2. The molecule has 1 aromatic rings. The van der Waals surface area contributed by atoms with Gasteiger partial charge in [0.25, 0.3) is 0 Å². The van der Waals surface area contributed by atoms with Crippen molar-refractivity contribution in [3.05, 3.63) is 23.3 Å². The summed E-state index contributed by atoms with van der Waals surface area (Å²) in [5.74, 6) is 1.11. The molecule has 0 N–H and O–H groups in total. The van der Waals surface area contributed by atoms with E-state index in [9.17, 15) is 9.59 Å². The maximum Gasteiger partial charge on any atom is 0.222 e. The molecule has 0 fully saturated rings. The smallest absolute Gasteiger partial charge is 0.222 e. The van der Waals surface area contributed by atoms with Crippen LogP contribution in [-0.2, 0) is 22.6 Å². The van der Waals surface area contributed by atoms with E-state index in [1.807, 2.05) is 38.8 Å². The van der Waals surface area contributed by atoms with Crippen LogP contribution in [0.4, 0.5) is 0 Å². The van der Waals surface area contributed by atoms with Gasteiger partial charge in [-0.2, -0.15) is 0 Å². The monoisotopic (exact) mass is 303 g/mol. The molecule has 1 aromatic heterocycles. The molecule has 22 heavy (non-hydrogen) atoms. The lowest BCUT2D eigenvalue weighted by Gasteiger charge is -2.28. The summed E-state index contributed by atoms with van der Waals surface area (Å²) in [6.45, 7) is 8.92. The SMILES string of the molecule is Cc1ncc2c(n1)CCN(C(=O)CCCC(=O)C(C)(C)C)C2. The minimum atomic E-state index is -0.317. The summed E-state index contributed by atoms with van der Waals surface area (Å²) >= 11 is 0. The lowest BCUT2D eigenvalue weighted by molar-refractivity contribution is -0.132. The zero-order valence-electron chi connectivity index (χ0n) is 14.0. The van der Waals surface area contributed by atoms with Gasteiger partial charge < -0.3 is 4.90 Å². The van der Waals surface area contributed by atoms with E-state index in [1.54, 1.807) is 0 Å². The Hall–Kier alpha value is -1.78. The highest BCUT2D eigenvalue weighted by Gasteiger charge is 2.23. The van der Waals surface area contributed by atoms with Crippen LogP contribution in [0.25, 0.3) is 0 Å². The number of ketones is 1. The molecule has 0 radical (unpaired) electrons. The molecular weight excluding hydrogens is 278 g/mol. The average molecular weight is 303 g/mol. The Bertz CT molecular complexity index is 576. The molecule has 2 rings (SSSR count). The van der Waals surface area contributed by atoms with E-state index in [1.165, 1.54) is 0 Å². The van der Waals surface area contributed by atoms with Crippen LogP contribution in [0, 0.1) is 12.3 Å². The Labute approximate surface area is 132 Å². The van der Waals surface area contributed by atoms with Crippen molar-refractivity contribution >= 4 is 11.7 Å². The molecule has 0 aliphatic carbocycles. The predicted molar refractivity (Wildman–Crippen MR) is 84.2 cm³/mol. The molecule has 0 saturated heterocycles. The van der Waals surface area contributed by atoms with E-state index in [-0.39, 0.29) is 17.1 Å². The molecule has 0 aromatic carbocycles. The first kappa shape index (κ1) is 16.6. The van der Waals surface area contributed by atoms with Gasteiger partial charge >= 0.3 is 0 Å². The van der Waals surface area contributed by atoms with Crippen LogP contribution in [0.5, 0.6) is 0 Å². The number of Topliss-reactive ketones (excluding diaryl/α,β-unsaturated/α-hetero) is 1. The molecule has 2 heterocycles. The lowest BCUT2D eigenvalue weighted by atomic mass is 9.88. The Balaban J connectivity index is 1.85. The molecule has 0 unspecified atom stereocenters. The third-order valence-corrected chi connectivity index (χ3v) is 4.04. The van der Waals surface area contributed by atoms with Gasteiger partial charge in [-0.15, -0.1) is 0 Å². The molecule has 1 aliphatic heterocycles. The molecule has 5 heteroatoms. The van der Waals surface area contributed by atoms with Crippen LogP contribution in [0.15, 0.2) is 6.20 Å². The first-order valence-corrected chi connectivity index (χ1v) is 7.90. The van der Waals surface area contributed by atoms with E-state index >= 15 is 0 Å². The topological polar surface area (TPSA) is 63.2 Å². The van der Waals surface area contributed by atoms with E-state index < -0.39 is 0 Å². The summed E-state index contributed by atoms with van der Waals surface area (Å²) in [5, 5.41) is 0. The molecular formula is C17H25N3O2. The summed E-state index contributed by atoms with van der Waals surface area (Å²) in [7, 11) is 0. The second kappa shape index (κ2) is 6.55. The summed E-state index contributed by atoms with van der Waals surface area (Å²) in [6.07, 6.45) is 4.14. The van der Waals surface area contributed by atoms with Crippen molar-refractivity contribution in [3.63, 3.8) is 0 Å². The second-order valence-electron chi connectivity index (χ2n) is 6.98. The maximum absolute atomic E-state index is 12.3. The minimum Gasteiger partial charge on any atom is -0.338 e. The zero-order valence-corrected chi connectivity index (χ0v) is 14.0. The molecule has 1 amide bonds. The summed E-state index contributed by atoms with van der Waals surface area (Å²) < 4.78 is 0. The maximum atomic E-state index is 12.3. The highest BCUT2D eigenvalue weighted by Crippen LogP contribution is 2.20. The minimum absolute atomic E-state index is 0.118. The molecule has 0 atom stereocenters. The van der Waals surface area contributed by atoms with Crippen LogP contribution in [-0.4, -0.2) is 33.1 Å². The number of aryl methyl sites for hydroxylation is 1. The number of hydrogen-bond donors (Lipinski definition) is 0. The largest absolute Gasteiger partial charge is 0.338 e. The Morgan fingerprint density at radius 1 is 1.27 bits per heavy atom. The number of nitrogens with zero attached hydrogens (tertiary/aromatic N) is 3. The normalized spacial score (nSPS) is 14.6. The highest BCUT2D eigenvalue weighted by molar-refractivity contribution is 5.84. The second-order valence-corrected chi connectivity index (χ2v) is 6.98. The van der Waals surface area contributed by atoms with Crippen LogP contribution in [0.3, 0.4) is 0 Å². The molecule has 0 saturated carbocycles. The van der Waals surface area contributed by atoms with E-state index in [0.717, 1.165) is 23.5 Å². The zero-order chi connectivity index (χ0) is 16.3. The first-order valence-electron chi connectivity index (χ1n) is 7.90. The van der Waals surface area contributed by atoms with Gasteiger partial charge in [0.2, 0.25) is 5.91 Å². The van der Waals surface area contributed by atoms with Gasteiger partial charge in [-0.05, 0) is 13.3 Å². The summed E-state index contributed by atoms with van der Waals surface area (Å²) in [5.41, 5.74) is 1.78. The van der Waals surface area contributed by atoms with Gasteiger partial charge in [0.15, 0.2) is 0 Å². The van der Waals surface area contributed by atoms with E-state index in [0.29, 0.717) is 32.4 Å². The third kappa shape index (κ3) is 4.12. The number of carbonyl (C=O) groups is 2. The van der Waals surface area contributed by atoms with Gasteiger partial charge in [-0.25, -0.2) is 9.97 Å². The number of carbonyl (C=O) groups excluding carboxylic acids is 2. The first-order chi connectivity index (χ1) is 10.3. The van der Waals surface area contributed by atoms with Crippen molar-refractivity contribution in [3.8, 4) is 0 Å². The van der Waals surface area contributed by atoms with Crippen LogP contribution in [0.1, 0.15) is 57.1 Å². The lowest BCUT2D eigenvalue weighted by Crippen LogP contribution is -2.36. The predicted octanol–water partition coefficient (Wildman–Crippen LogP) is 2.46. The molecule has 0 spiro atoms. The Morgan fingerprint density at radius 2 is 2.00 bits per heavy atom. The fraction of sp³-hybridized carbons (Fsp3) is 0.647. The van der Waals surface area contributed by atoms with Crippen LogP contribution >= 0.6 is 0 Å². The number of rotatable bonds is 4. The van der Waals surface area contributed by atoms with Crippen molar-refractivity contribution in [1.29, 1.82) is 0 Å². The molecule has 0 bridgehead atoms. The van der Waals surface area contributed by atoms with Gasteiger partial charge in [0.1, 0.15) is 11.6 Å². The fourth-order valence-electron chi connectivity index (χ4n) is 2.56. The Kier molecular flexibility index (Phi) is 4.94. The molecule has 5 nitrogen and oxygen atoms in total. The summed E-state index contributed by atoms with van der Waals surface area (Å²) in [6, 6.07) is 0.